The molecule has 0 spiro atoms. The van der Waals surface area contributed by atoms with Crippen molar-refractivity contribution in [3.05, 3.63) is 53.9 Å². The van der Waals surface area contributed by atoms with Gasteiger partial charge in [-0.2, -0.15) is 0 Å². The number of ether oxygens (including phenoxy) is 1. The number of aromatic nitrogens is 2. The van der Waals surface area contributed by atoms with Gasteiger partial charge < -0.3 is 9.84 Å². The van der Waals surface area contributed by atoms with Crippen molar-refractivity contribution in [2.45, 2.75) is 6.10 Å². The molecule has 2 aromatic rings. The third-order valence-corrected chi connectivity index (χ3v) is 2.35. The Labute approximate surface area is 97.7 Å². The van der Waals surface area contributed by atoms with Crippen LogP contribution in [0.25, 0.3) is 0 Å². The normalized spacial score (nSPS) is 12.2. The number of halogens is 1. The Bertz CT molecular complexity index is 505. The van der Waals surface area contributed by atoms with Gasteiger partial charge in [-0.3, -0.25) is 9.97 Å². The summed E-state index contributed by atoms with van der Waals surface area (Å²) < 4.78 is 18.3. The number of nitrogens with zero attached hydrogens (tertiary/aromatic N) is 2. The van der Waals surface area contributed by atoms with Crippen molar-refractivity contribution in [3.63, 3.8) is 0 Å². The van der Waals surface area contributed by atoms with E-state index in [0.717, 1.165) is 0 Å². The standard InChI is InChI=1S/C12H11FN2O2/c1-17-11-3-2-8(6-9(11)13)12(16)10-7-14-4-5-15-10/h2-7,12,16H,1H3. The highest BCUT2D eigenvalue weighted by Crippen LogP contribution is 2.24. The van der Waals surface area contributed by atoms with Gasteiger partial charge >= 0.3 is 0 Å². The lowest BCUT2D eigenvalue weighted by atomic mass is 10.1. The van der Waals surface area contributed by atoms with Crippen molar-refractivity contribution in [1.29, 1.82) is 0 Å². The second-order valence-electron chi connectivity index (χ2n) is 3.43. The van der Waals surface area contributed by atoms with Gasteiger partial charge in [-0.1, -0.05) is 6.07 Å². The maximum absolute atomic E-state index is 13.5. The molecular weight excluding hydrogens is 223 g/mol. The van der Waals surface area contributed by atoms with Crippen LogP contribution in [0.3, 0.4) is 0 Å². The van der Waals surface area contributed by atoms with Gasteiger partial charge in [-0.15, -0.1) is 0 Å². The van der Waals surface area contributed by atoms with Crippen LogP contribution in [0.4, 0.5) is 4.39 Å². The van der Waals surface area contributed by atoms with Crippen LogP contribution in [0.1, 0.15) is 17.4 Å². The molecule has 1 heterocycles. The predicted octanol–water partition coefficient (Wildman–Crippen LogP) is 1.71. The Morgan fingerprint density at radius 1 is 1.35 bits per heavy atom. The summed E-state index contributed by atoms with van der Waals surface area (Å²) in [4.78, 5) is 7.81. The van der Waals surface area contributed by atoms with E-state index in [1.807, 2.05) is 0 Å². The zero-order valence-corrected chi connectivity index (χ0v) is 9.17. The van der Waals surface area contributed by atoms with E-state index in [-0.39, 0.29) is 5.75 Å². The van der Waals surface area contributed by atoms with Crippen LogP contribution in [0.5, 0.6) is 5.75 Å². The first-order valence-corrected chi connectivity index (χ1v) is 5.00. The summed E-state index contributed by atoms with van der Waals surface area (Å²) in [6, 6.07) is 4.27. The Morgan fingerprint density at radius 2 is 2.18 bits per heavy atom. The maximum Gasteiger partial charge on any atom is 0.165 e. The number of aliphatic hydroxyl groups is 1. The van der Waals surface area contributed by atoms with Gasteiger partial charge in [-0.05, 0) is 17.7 Å². The zero-order valence-electron chi connectivity index (χ0n) is 9.17. The van der Waals surface area contributed by atoms with Crippen LogP contribution in [0, 0.1) is 5.82 Å². The van der Waals surface area contributed by atoms with Gasteiger partial charge in [-0.25, -0.2) is 4.39 Å². The highest BCUT2D eigenvalue weighted by Gasteiger charge is 2.14. The highest BCUT2D eigenvalue weighted by molar-refractivity contribution is 5.32. The van der Waals surface area contributed by atoms with E-state index in [0.29, 0.717) is 11.3 Å². The second kappa shape index (κ2) is 4.88. The maximum atomic E-state index is 13.5. The summed E-state index contributed by atoms with van der Waals surface area (Å²) in [6.45, 7) is 0. The molecule has 2 rings (SSSR count). The van der Waals surface area contributed by atoms with Crippen LogP contribution in [-0.4, -0.2) is 22.2 Å². The van der Waals surface area contributed by atoms with Crippen LogP contribution in [-0.2, 0) is 0 Å². The number of aliphatic hydroxyl groups excluding tert-OH is 1. The minimum absolute atomic E-state index is 0.139. The lowest BCUT2D eigenvalue weighted by molar-refractivity contribution is 0.214. The molecule has 0 aliphatic heterocycles. The summed E-state index contributed by atoms with van der Waals surface area (Å²) in [6.07, 6.45) is 3.42. The smallest absolute Gasteiger partial charge is 0.165 e. The Morgan fingerprint density at radius 3 is 2.76 bits per heavy atom. The molecule has 0 aliphatic rings. The van der Waals surface area contributed by atoms with Crippen molar-refractivity contribution in [3.8, 4) is 5.75 Å². The topological polar surface area (TPSA) is 55.2 Å². The Balaban J connectivity index is 2.32. The third-order valence-electron chi connectivity index (χ3n) is 2.35. The number of rotatable bonds is 3. The summed E-state index contributed by atoms with van der Waals surface area (Å²) in [5, 5.41) is 9.97. The molecule has 0 saturated carbocycles. The van der Waals surface area contributed by atoms with Crippen LogP contribution >= 0.6 is 0 Å². The van der Waals surface area contributed by atoms with Crippen LogP contribution < -0.4 is 4.74 Å². The minimum Gasteiger partial charge on any atom is -0.494 e. The van der Waals surface area contributed by atoms with E-state index in [4.69, 9.17) is 4.74 Å². The lowest BCUT2D eigenvalue weighted by Gasteiger charge is -2.11. The van der Waals surface area contributed by atoms with Gasteiger partial charge in [0.2, 0.25) is 0 Å². The second-order valence-corrected chi connectivity index (χ2v) is 3.43. The van der Waals surface area contributed by atoms with Crippen LogP contribution in [0.15, 0.2) is 36.8 Å². The average molecular weight is 234 g/mol. The SMILES string of the molecule is COc1ccc(C(O)c2cnccn2)cc1F. The Kier molecular flexibility index (Phi) is 3.30. The monoisotopic (exact) mass is 234 g/mol. The molecule has 1 unspecified atom stereocenters. The van der Waals surface area contributed by atoms with Gasteiger partial charge in [0.25, 0.3) is 0 Å². The quantitative estimate of drug-likeness (QED) is 0.878. The van der Waals surface area contributed by atoms with Gasteiger partial charge in [0, 0.05) is 12.4 Å². The first kappa shape index (κ1) is 11.5. The molecule has 0 amide bonds. The molecule has 0 saturated heterocycles. The molecule has 0 radical (unpaired) electrons. The number of benzene rings is 1. The number of methoxy groups -OCH3 is 1. The summed E-state index contributed by atoms with van der Waals surface area (Å²) in [5.74, 6) is -0.381. The number of hydrogen-bond acceptors (Lipinski definition) is 4. The summed E-state index contributed by atoms with van der Waals surface area (Å²) in [7, 11) is 1.39. The van der Waals surface area contributed by atoms with Crippen molar-refractivity contribution in [2.24, 2.45) is 0 Å². The molecule has 1 atom stereocenters. The van der Waals surface area contributed by atoms with Crippen molar-refractivity contribution in [2.75, 3.05) is 7.11 Å². The molecule has 1 aromatic carbocycles. The Hall–Kier alpha value is -2.01. The molecule has 4 nitrogen and oxygen atoms in total. The van der Waals surface area contributed by atoms with Gasteiger partial charge in [0.1, 0.15) is 6.10 Å². The predicted molar refractivity (Wildman–Crippen MR) is 59.0 cm³/mol. The summed E-state index contributed by atoms with van der Waals surface area (Å²) >= 11 is 0. The molecule has 88 valence electrons. The van der Waals surface area contributed by atoms with E-state index >= 15 is 0 Å². The fraction of sp³-hybridized carbons (Fsp3) is 0.167. The van der Waals surface area contributed by atoms with Crippen molar-refractivity contribution in [1.82, 2.24) is 9.97 Å². The average Bonchev–Trinajstić information content (AvgIpc) is 2.39. The molecule has 17 heavy (non-hydrogen) atoms. The minimum atomic E-state index is -0.996. The molecule has 5 heteroatoms. The fourth-order valence-corrected chi connectivity index (χ4v) is 1.48. The van der Waals surface area contributed by atoms with Gasteiger partial charge in [0.05, 0.1) is 19.0 Å². The molecular formula is C12H11FN2O2. The third kappa shape index (κ3) is 2.39. The van der Waals surface area contributed by atoms with E-state index in [9.17, 15) is 9.50 Å². The van der Waals surface area contributed by atoms with E-state index in [2.05, 4.69) is 9.97 Å². The highest BCUT2D eigenvalue weighted by atomic mass is 19.1. The van der Waals surface area contributed by atoms with E-state index < -0.39 is 11.9 Å². The first-order chi connectivity index (χ1) is 8.22. The van der Waals surface area contributed by atoms with Crippen molar-refractivity contribution < 1.29 is 14.2 Å². The van der Waals surface area contributed by atoms with Crippen LogP contribution in [0.2, 0.25) is 0 Å². The summed E-state index contributed by atoms with van der Waals surface area (Å²) in [5.41, 5.74) is 0.779. The first-order valence-electron chi connectivity index (χ1n) is 5.00. The fourth-order valence-electron chi connectivity index (χ4n) is 1.48. The molecule has 1 N–H and O–H groups in total. The largest absolute Gasteiger partial charge is 0.494 e. The van der Waals surface area contributed by atoms with E-state index in [1.54, 1.807) is 6.07 Å². The zero-order chi connectivity index (χ0) is 12.3. The van der Waals surface area contributed by atoms with Crippen molar-refractivity contribution >= 4 is 0 Å². The molecule has 0 bridgehead atoms. The molecule has 0 fully saturated rings. The molecule has 0 aliphatic carbocycles. The van der Waals surface area contributed by atoms with E-state index in [1.165, 1.54) is 37.8 Å². The number of hydrogen-bond donors (Lipinski definition) is 1. The lowest BCUT2D eigenvalue weighted by Crippen LogP contribution is -2.03. The molecule has 1 aromatic heterocycles. The van der Waals surface area contributed by atoms with Gasteiger partial charge in [0.15, 0.2) is 11.6 Å².